The first-order valence-corrected chi connectivity index (χ1v) is 15.0. The van der Waals surface area contributed by atoms with E-state index in [2.05, 4.69) is 63.0 Å². The zero-order valence-corrected chi connectivity index (χ0v) is 25.2. The second-order valence-corrected chi connectivity index (χ2v) is 11.4. The number of piperidine rings is 1. The molecule has 0 bridgehead atoms. The van der Waals surface area contributed by atoms with Crippen molar-refractivity contribution in [3.8, 4) is 11.3 Å². The number of aryl methyl sites for hydroxylation is 1. The normalized spacial score (nSPS) is 13.9. The average Bonchev–Trinajstić information content (AvgIpc) is 3.49. The van der Waals surface area contributed by atoms with Gasteiger partial charge in [0.1, 0.15) is 11.5 Å². The third-order valence-corrected chi connectivity index (χ3v) is 8.21. The predicted molar refractivity (Wildman–Crippen MR) is 175 cm³/mol. The van der Waals surface area contributed by atoms with Crippen molar-refractivity contribution < 1.29 is 4.42 Å². The molecule has 8 nitrogen and oxygen atoms in total. The molecule has 5 aromatic rings. The van der Waals surface area contributed by atoms with Gasteiger partial charge >= 0.3 is 0 Å². The maximum atomic E-state index is 6.35. The van der Waals surface area contributed by atoms with E-state index in [0.717, 1.165) is 38.0 Å². The van der Waals surface area contributed by atoms with Crippen LogP contribution in [0.3, 0.4) is 0 Å². The number of nitrogens with zero attached hydrogens (tertiary/aromatic N) is 5. The van der Waals surface area contributed by atoms with Crippen LogP contribution >= 0.6 is 23.2 Å². The van der Waals surface area contributed by atoms with Crippen molar-refractivity contribution in [3.63, 3.8) is 0 Å². The van der Waals surface area contributed by atoms with Crippen molar-refractivity contribution in [2.75, 3.05) is 28.7 Å². The van der Waals surface area contributed by atoms with E-state index < -0.39 is 0 Å². The van der Waals surface area contributed by atoms with Crippen LogP contribution in [0.15, 0.2) is 94.4 Å². The third kappa shape index (κ3) is 7.34. The summed E-state index contributed by atoms with van der Waals surface area (Å²) in [5.41, 5.74) is 7.11. The monoisotopic (exact) mass is 611 g/mol. The lowest BCUT2D eigenvalue weighted by molar-refractivity contribution is 0.400. The summed E-state index contributed by atoms with van der Waals surface area (Å²) in [6.07, 6.45) is 4.79. The molecular formula is C33H31Cl2N7O. The molecule has 43 heavy (non-hydrogen) atoms. The Balaban J connectivity index is 1.17. The molecule has 10 heteroatoms. The number of rotatable bonds is 9. The number of hydrogen-bond donors (Lipinski definition) is 2. The highest BCUT2D eigenvalue weighted by Gasteiger charge is 2.22. The number of benzene rings is 3. The predicted octanol–water partition coefficient (Wildman–Crippen LogP) is 8.40. The molecule has 218 valence electrons. The summed E-state index contributed by atoms with van der Waals surface area (Å²) < 4.78 is 5.92. The second-order valence-electron chi connectivity index (χ2n) is 10.6. The Morgan fingerprint density at radius 3 is 2.44 bits per heavy atom. The van der Waals surface area contributed by atoms with Crippen molar-refractivity contribution >= 4 is 52.9 Å². The summed E-state index contributed by atoms with van der Waals surface area (Å²) in [7, 11) is 0. The van der Waals surface area contributed by atoms with Gasteiger partial charge in [0, 0.05) is 24.3 Å². The minimum absolute atomic E-state index is 0.326. The van der Waals surface area contributed by atoms with Crippen molar-refractivity contribution in [2.45, 2.75) is 26.2 Å². The van der Waals surface area contributed by atoms with Gasteiger partial charge in [0.05, 0.1) is 16.3 Å². The maximum absolute atomic E-state index is 6.35. The number of hydrogen-bond acceptors (Lipinski definition) is 8. The van der Waals surface area contributed by atoms with E-state index in [4.69, 9.17) is 37.6 Å². The molecule has 0 aliphatic carbocycles. The number of furan rings is 1. The largest absolute Gasteiger partial charge is 0.455 e. The molecule has 0 spiro atoms. The topological polar surface area (TPSA) is 91.5 Å². The van der Waals surface area contributed by atoms with E-state index >= 15 is 0 Å². The van der Waals surface area contributed by atoms with E-state index in [1.54, 1.807) is 18.3 Å². The Kier molecular flexibility index (Phi) is 8.86. The molecule has 1 saturated heterocycles. The first-order chi connectivity index (χ1) is 21.0. The van der Waals surface area contributed by atoms with E-state index in [1.165, 1.54) is 11.1 Å². The van der Waals surface area contributed by atoms with E-state index in [9.17, 15) is 0 Å². The first-order valence-electron chi connectivity index (χ1n) is 14.2. The van der Waals surface area contributed by atoms with E-state index in [0.29, 0.717) is 50.9 Å². The zero-order chi connectivity index (χ0) is 29.6. The summed E-state index contributed by atoms with van der Waals surface area (Å²) in [6.45, 7) is 3.79. The number of halogens is 2. The Morgan fingerprint density at radius 2 is 1.65 bits per heavy atom. The summed E-state index contributed by atoms with van der Waals surface area (Å²) in [6, 6.07) is 27.8. The van der Waals surface area contributed by atoms with Crippen molar-refractivity contribution in [1.82, 2.24) is 15.0 Å². The molecule has 0 atom stereocenters. The minimum Gasteiger partial charge on any atom is -0.455 e. The number of aromatic nitrogens is 3. The zero-order valence-electron chi connectivity index (χ0n) is 23.7. The molecule has 3 aromatic carbocycles. The molecule has 2 N–H and O–H groups in total. The third-order valence-electron chi connectivity index (χ3n) is 7.40. The lowest BCUT2D eigenvalue weighted by atomic mass is 9.90. The second kappa shape index (κ2) is 13.3. The average molecular weight is 613 g/mol. The standard InChI is InChI=1S/C33H31Cl2N7O/c1-22-10-12-25(13-11-22)37-31-38-32(41-36-21-26-14-15-29(43-26)27-8-5-9-28(34)30(27)35)40-33(39-31)42-18-16-24(17-19-42)20-23-6-3-2-4-7-23/h2-15,21,24H,16-20H2,1H3,(H2,37,38,39,40,41)/b36-21-. The molecular weight excluding hydrogens is 581 g/mol. The molecule has 1 aliphatic heterocycles. The lowest BCUT2D eigenvalue weighted by Gasteiger charge is -2.32. The van der Waals surface area contributed by atoms with Gasteiger partial charge in [0.15, 0.2) is 0 Å². The smallest absolute Gasteiger partial charge is 0.250 e. The Morgan fingerprint density at radius 1 is 0.884 bits per heavy atom. The molecule has 6 rings (SSSR count). The molecule has 0 saturated carbocycles. The summed E-state index contributed by atoms with van der Waals surface area (Å²) in [4.78, 5) is 16.3. The van der Waals surface area contributed by atoms with Crippen LogP contribution in [0.25, 0.3) is 11.3 Å². The Labute approximate surface area is 260 Å². The molecule has 0 radical (unpaired) electrons. The van der Waals surface area contributed by atoms with Gasteiger partial charge in [-0.25, -0.2) is 5.43 Å². The highest BCUT2D eigenvalue weighted by atomic mass is 35.5. The van der Waals surface area contributed by atoms with Gasteiger partial charge in [0.2, 0.25) is 17.8 Å². The highest BCUT2D eigenvalue weighted by molar-refractivity contribution is 6.43. The van der Waals surface area contributed by atoms with Gasteiger partial charge in [-0.05, 0) is 74.1 Å². The SMILES string of the molecule is Cc1ccc(Nc2nc(N/N=C\c3ccc(-c4cccc(Cl)c4Cl)o3)nc(N3CCC(Cc4ccccc4)CC3)n2)cc1. The molecule has 2 aromatic heterocycles. The number of anilines is 4. The van der Waals surface area contributed by atoms with Crippen LogP contribution in [0.4, 0.5) is 23.5 Å². The van der Waals surface area contributed by atoms with E-state index in [-0.39, 0.29) is 0 Å². The Hall–Kier alpha value is -4.40. The lowest BCUT2D eigenvalue weighted by Crippen LogP contribution is -2.35. The summed E-state index contributed by atoms with van der Waals surface area (Å²) in [5.74, 6) is 3.13. The minimum atomic E-state index is 0.326. The maximum Gasteiger partial charge on any atom is 0.250 e. The van der Waals surface area contributed by atoms with Gasteiger partial charge in [-0.1, -0.05) is 77.3 Å². The summed E-state index contributed by atoms with van der Waals surface area (Å²) in [5, 5.41) is 8.55. The number of hydrazone groups is 1. The van der Waals surface area contributed by atoms with Crippen LogP contribution in [0.5, 0.6) is 0 Å². The van der Waals surface area contributed by atoms with Crippen molar-refractivity contribution in [1.29, 1.82) is 0 Å². The molecule has 0 unspecified atom stereocenters. The van der Waals surface area contributed by atoms with Crippen LogP contribution in [0.1, 0.15) is 29.7 Å². The van der Waals surface area contributed by atoms with Gasteiger partial charge < -0.3 is 14.6 Å². The molecule has 0 amide bonds. The molecule has 3 heterocycles. The van der Waals surface area contributed by atoms with Gasteiger partial charge in [0.25, 0.3) is 0 Å². The van der Waals surface area contributed by atoms with Gasteiger partial charge in [-0.15, -0.1) is 0 Å². The first kappa shape index (κ1) is 28.7. The van der Waals surface area contributed by atoms with Crippen LogP contribution in [0.2, 0.25) is 10.0 Å². The fourth-order valence-electron chi connectivity index (χ4n) is 5.08. The van der Waals surface area contributed by atoms with Crippen LogP contribution in [0, 0.1) is 12.8 Å². The van der Waals surface area contributed by atoms with E-state index in [1.807, 2.05) is 42.5 Å². The van der Waals surface area contributed by atoms with Crippen LogP contribution in [-0.4, -0.2) is 34.3 Å². The summed E-state index contributed by atoms with van der Waals surface area (Å²) >= 11 is 12.5. The molecule has 1 fully saturated rings. The van der Waals surface area contributed by atoms with Crippen molar-refractivity contribution in [2.24, 2.45) is 11.0 Å². The molecule has 1 aliphatic rings. The quantitative estimate of drug-likeness (QED) is 0.128. The van der Waals surface area contributed by atoms with Gasteiger partial charge in [-0.2, -0.15) is 20.1 Å². The van der Waals surface area contributed by atoms with Crippen molar-refractivity contribution in [3.05, 3.63) is 112 Å². The number of nitrogens with one attached hydrogen (secondary N) is 2. The van der Waals surface area contributed by atoms with Crippen LogP contribution in [-0.2, 0) is 6.42 Å². The van der Waals surface area contributed by atoms with Crippen LogP contribution < -0.4 is 15.6 Å². The highest BCUT2D eigenvalue weighted by Crippen LogP contribution is 2.34. The Bertz CT molecular complexity index is 1700. The van der Waals surface area contributed by atoms with Gasteiger partial charge in [-0.3, -0.25) is 0 Å². The fourth-order valence-corrected chi connectivity index (χ4v) is 5.47. The fraction of sp³-hybridized carbons (Fsp3) is 0.212.